The summed E-state index contributed by atoms with van der Waals surface area (Å²) in [5.74, 6) is 0.468. The highest BCUT2D eigenvalue weighted by atomic mass is 16.5. The van der Waals surface area contributed by atoms with Crippen LogP contribution in [0.15, 0.2) is 59.7 Å². The van der Waals surface area contributed by atoms with Crippen LogP contribution >= 0.6 is 0 Å². The van der Waals surface area contributed by atoms with Gasteiger partial charge in [0.1, 0.15) is 17.2 Å². The summed E-state index contributed by atoms with van der Waals surface area (Å²) in [4.78, 5) is 12.2. The van der Waals surface area contributed by atoms with Gasteiger partial charge in [0.15, 0.2) is 0 Å². The van der Waals surface area contributed by atoms with Crippen molar-refractivity contribution in [3.63, 3.8) is 0 Å². The molecule has 7 heteroatoms. The number of phenols is 1. The fraction of sp³-hybridized carbons (Fsp3) is 0.105. The number of rotatable bonds is 6. The van der Waals surface area contributed by atoms with Crippen LogP contribution in [0, 0.1) is 0 Å². The molecule has 7 nitrogen and oxygen atoms in total. The van der Waals surface area contributed by atoms with Gasteiger partial charge in [-0.2, -0.15) is 10.2 Å². The summed E-state index contributed by atoms with van der Waals surface area (Å²) in [6.45, 7) is 2.45. The molecule has 1 amide bonds. The zero-order valence-corrected chi connectivity index (χ0v) is 14.1. The molecular weight excluding hydrogens is 332 g/mol. The topological polar surface area (TPSA) is 99.6 Å². The first-order valence-electron chi connectivity index (χ1n) is 8.07. The van der Waals surface area contributed by atoms with E-state index in [0.717, 1.165) is 11.1 Å². The molecule has 26 heavy (non-hydrogen) atoms. The minimum atomic E-state index is -0.410. The van der Waals surface area contributed by atoms with Crippen LogP contribution in [-0.4, -0.2) is 34.0 Å². The summed E-state index contributed by atoms with van der Waals surface area (Å²) >= 11 is 0. The lowest BCUT2D eigenvalue weighted by atomic mass is 10.1. The number of hydrogen-bond acceptors (Lipinski definition) is 5. The van der Waals surface area contributed by atoms with E-state index in [-0.39, 0.29) is 11.4 Å². The van der Waals surface area contributed by atoms with Crippen LogP contribution < -0.4 is 10.2 Å². The zero-order valence-electron chi connectivity index (χ0n) is 14.1. The van der Waals surface area contributed by atoms with E-state index >= 15 is 0 Å². The van der Waals surface area contributed by atoms with E-state index in [1.54, 1.807) is 30.3 Å². The summed E-state index contributed by atoms with van der Waals surface area (Å²) in [6, 6.07) is 15.6. The van der Waals surface area contributed by atoms with Crippen molar-refractivity contribution >= 4 is 12.1 Å². The average molecular weight is 350 g/mol. The van der Waals surface area contributed by atoms with Crippen molar-refractivity contribution < 1.29 is 14.6 Å². The van der Waals surface area contributed by atoms with Gasteiger partial charge < -0.3 is 9.84 Å². The lowest BCUT2D eigenvalue weighted by molar-refractivity contribution is 0.0950. The highest BCUT2D eigenvalue weighted by Crippen LogP contribution is 2.28. The first-order valence-corrected chi connectivity index (χ1v) is 8.07. The number of nitrogens with one attached hydrogen (secondary N) is 2. The predicted molar refractivity (Wildman–Crippen MR) is 98.4 cm³/mol. The minimum Gasteiger partial charge on any atom is -0.508 e. The normalized spacial score (nSPS) is 10.8. The van der Waals surface area contributed by atoms with Gasteiger partial charge in [0.05, 0.1) is 18.5 Å². The van der Waals surface area contributed by atoms with E-state index in [1.165, 1.54) is 6.21 Å². The molecule has 0 atom stereocenters. The molecule has 0 saturated heterocycles. The number of para-hydroxylation sites is 1. The van der Waals surface area contributed by atoms with Crippen molar-refractivity contribution in [1.82, 2.24) is 15.6 Å². The highest BCUT2D eigenvalue weighted by Gasteiger charge is 2.13. The molecule has 0 fully saturated rings. The molecule has 3 aromatic rings. The number of ether oxygens (including phenoxy) is 1. The van der Waals surface area contributed by atoms with Gasteiger partial charge in [0.25, 0.3) is 5.91 Å². The number of carbonyl (C=O) groups is 1. The first kappa shape index (κ1) is 17.2. The van der Waals surface area contributed by atoms with Gasteiger partial charge in [0.2, 0.25) is 0 Å². The lowest BCUT2D eigenvalue weighted by Gasteiger charge is -2.07. The van der Waals surface area contributed by atoms with Crippen molar-refractivity contribution in [2.75, 3.05) is 6.61 Å². The van der Waals surface area contributed by atoms with E-state index in [1.807, 2.05) is 31.2 Å². The van der Waals surface area contributed by atoms with Crippen molar-refractivity contribution in [1.29, 1.82) is 0 Å². The van der Waals surface area contributed by atoms with Crippen LogP contribution in [0.5, 0.6) is 11.5 Å². The van der Waals surface area contributed by atoms with E-state index in [0.29, 0.717) is 18.1 Å². The summed E-state index contributed by atoms with van der Waals surface area (Å²) in [5.41, 5.74) is 4.88. The predicted octanol–water partition coefficient (Wildman–Crippen LogP) is 2.94. The maximum atomic E-state index is 12.2. The van der Waals surface area contributed by atoms with Crippen LogP contribution in [0.25, 0.3) is 11.3 Å². The number of aromatic hydroxyl groups is 1. The van der Waals surface area contributed by atoms with Crippen molar-refractivity contribution in [3.8, 4) is 22.8 Å². The fourth-order valence-corrected chi connectivity index (χ4v) is 2.32. The third kappa shape index (κ3) is 4.07. The van der Waals surface area contributed by atoms with Crippen LogP contribution in [0.3, 0.4) is 0 Å². The molecule has 0 radical (unpaired) electrons. The number of H-pyrrole nitrogens is 1. The van der Waals surface area contributed by atoms with Crippen LogP contribution in [0.2, 0.25) is 0 Å². The number of phenolic OH excluding ortho intramolecular Hbond substituents is 1. The Bertz CT molecular complexity index is 917. The van der Waals surface area contributed by atoms with Crippen LogP contribution in [0.1, 0.15) is 23.0 Å². The zero-order chi connectivity index (χ0) is 18.4. The second kappa shape index (κ2) is 7.98. The van der Waals surface area contributed by atoms with E-state index in [9.17, 15) is 9.90 Å². The van der Waals surface area contributed by atoms with E-state index in [2.05, 4.69) is 20.7 Å². The van der Waals surface area contributed by atoms with Crippen LogP contribution in [-0.2, 0) is 0 Å². The Balaban J connectivity index is 1.69. The molecule has 132 valence electrons. The Morgan fingerprint density at radius 2 is 2.04 bits per heavy atom. The Labute approximate surface area is 150 Å². The average Bonchev–Trinajstić information content (AvgIpc) is 3.14. The Hall–Kier alpha value is -3.61. The minimum absolute atomic E-state index is 0.170. The highest BCUT2D eigenvalue weighted by molar-refractivity contribution is 5.94. The number of hydrogen-bond donors (Lipinski definition) is 3. The number of nitrogens with zero attached hydrogens (tertiary/aromatic N) is 2. The number of benzene rings is 2. The molecule has 0 aliphatic heterocycles. The smallest absolute Gasteiger partial charge is 0.289 e. The van der Waals surface area contributed by atoms with Gasteiger partial charge in [-0.05, 0) is 55.0 Å². The lowest BCUT2D eigenvalue weighted by Crippen LogP contribution is -2.17. The summed E-state index contributed by atoms with van der Waals surface area (Å²) in [7, 11) is 0. The number of aromatic nitrogens is 2. The van der Waals surface area contributed by atoms with Gasteiger partial charge >= 0.3 is 0 Å². The van der Waals surface area contributed by atoms with Gasteiger partial charge in [-0.25, -0.2) is 5.43 Å². The molecule has 1 aromatic heterocycles. The molecule has 0 aliphatic rings. The SMILES string of the molecule is CCOc1ccccc1-c1cc(C(=O)N/N=C\c2ccc(O)cc2)[nH]n1. The molecule has 0 spiro atoms. The summed E-state index contributed by atoms with van der Waals surface area (Å²) < 4.78 is 5.59. The standard InChI is InChI=1S/C19H18N4O3/c1-2-26-18-6-4-3-5-15(18)16-11-17(22-21-16)19(25)23-20-12-13-7-9-14(24)10-8-13/h3-12,24H,2H2,1H3,(H,21,22)(H,23,25)/b20-12-. The third-order valence-electron chi connectivity index (χ3n) is 3.56. The molecule has 0 unspecified atom stereocenters. The van der Waals surface area contributed by atoms with Crippen molar-refractivity contribution in [2.45, 2.75) is 6.92 Å². The second-order valence-corrected chi connectivity index (χ2v) is 5.39. The number of carbonyl (C=O) groups excluding carboxylic acids is 1. The molecular formula is C19H18N4O3. The Kier molecular flexibility index (Phi) is 5.28. The third-order valence-corrected chi connectivity index (χ3v) is 3.56. The van der Waals surface area contributed by atoms with E-state index in [4.69, 9.17) is 4.74 Å². The van der Waals surface area contributed by atoms with Crippen molar-refractivity contribution in [3.05, 3.63) is 65.9 Å². The largest absolute Gasteiger partial charge is 0.508 e. The van der Waals surface area contributed by atoms with Gasteiger partial charge in [-0.15, -0.1) is 0 Å². The Morgan fingerprint density at radius 1 is 1.27 bits per heavy atom. The maximum absolute atomic E-state index is 12.2. The molecule has 1 heterocycles. The molecule has 2 aromatic carbocycles. The summed E-state index contributed by atoms with van der Waals surface area (Å²) in [5, 5.41) is 20.0. The number of amides is 1. The first-order chi connectivity index (χ1) is 12.7. The van der Waals surface area contributed by atoms with Gasteiger partial charge in [-0.3, -0.25) is 9.89 Å². The van der Waals surface area contributed by atoms with Gasteiger partial charge in [0, 0.05) is 5.56 Å². The maximum Gasteiger partial charge on any atom is 0.289 e. The number of hydrazone groups is 1. The molecule has 3 N–H and O–H groups in total. The van der Waals surface area contributed by atoms with Crippen molar-refractivity contribution in [2.24, 2.45) is 5.10 Å². The molecule has 0 saturated carbocycles. The quantitative estimate of drug-likeness (QED) is 0.470. The summed E-state index contributed by atoms with van der Waals surface area (Å²) in [6.07, 6.45) is 1.49. The Morgan fingerprint density at radius 3 is 2.81 bits per heavy atom. The second-order valence-electron chi connectivity index (χ2n) is 5.39. The molecule has 0 bridgehead atoms. The van der Waals surface area contributed by atoms with E-state index < -0.39 is 5.91 Å². The molecule has 0 aliphatic carbocycles. The number of aromatic amines is 1. The monoisotopic (exact) mass is 350 g/mol. The fourth-order valence-electron chi connectivity index (χ4n) is 2.32. The molecule has 3 rings (SSSR count). The van der Waals surface area contributed by atoms with Crippen LogP contribution in [0.4, 0.5) is 0 Å². The van der Waals surface area contributed by atoms with Gasteiger partial charge in [-0.1, -0.05) is 12.1 Å².